The quantitative estimate of drug-likeness (QED) is 0.0404. The van der Waals surface area contributed by atoms with E-state index in [0.717, 1.165) is 139 Å². The summed E-state index contributed by atoms with van der Waals surface area (Å²) < 4.78 is 47.9. The maximum absolute atomic E-state index is 6.15. The molecule has 0 aliphatic heterocycles. The van der Waals surface area contributed by atoms with Crippen LogP contribution in [0.4, 0.5) is 0 Å². The van der Waals surface area contributed by atoms with E-state index in [0.29, 0.717) is 106 Å². The van der Waals surface area contributed by atoms with E-state index in [1.165, 1.54) is 0 Å². The van der Waals surface area contributed by atoms with Gasteiger partial charge in [0.1, 0.15) is 34.5 Å². The molecule has 0 amide bonds. The second kappa shape index (κ2) is 43.2. The number of hydrogen-bond acceptors (Lipinski definition) is 24. The average Bonchev–Trinajstić information content (AvgIpc) is 1.43. The molecule has 0 saturated carbocycles. The Morgan fingerprint density at radius 1 is 0.246 bits per heavy atom. The van der Waals surface area contributed by atoms with Gasteiger partial charge in [-0.3, -0.25) is 0 Å². The van der Waals surface area contributed by atoms with E-state index >= 15 is 0 Å². The summed E-state index contributed by atoms with van der Waals surface area (Å²) in [5, 5.41) is 69.7. The molecule has 16 rings (SSSR count). The molecule has 8 aromatic carbocycles. The van der Waals surface area contributed by atoms with Crippen molar-refractivity contribution in [1.29, 1.82) is 0 Å². The number of aromatic nitrogens is 16. The van der Waals surface area contributed by atoms with Gasteiger partial charge in [0.25, 0.3) is 23.6 Å². The lowest BCUT2D eigenvalue weighted by molar-refractivity contribution is 0.243. The van der Waals surface area contributed by atoms with Gasteiger partial charge in [-0.25, -0.2) is 0 Å². The van der Waals surface area contributed by atoms with Gasteiger partial charge in [0.2, 0.25) is 23.6 Å². The normalized spacial score (nSPS) is 11.3. The van der Waals surface area contributed by atoms with Crippen molar-refractivity contribution in [2.24, 2.45) is 23.7 Å². The second-order valence-electron chi connectivity index (χ2n) is 33.5. The molecule has 16 aromatic rings. The Hall–Kier alpha value is -14.2. The first-order valence-electron chi connectivity index (χ1n) is 43.0. The lowest BCUT2D eigenvalue weighted by atomic mass is 9.99. The summed E-state index contributed by atoms with van der Waals surface area (Å²) in [5.74, 6) is 10.6. The van der Waals surface area contributed by atoms with Crippen LogP contribution in [0, 0.1) is 23.7 Å². The summed E-state index contributed by atoms with van der Waals surface area (Å²) in [6, 6.07) is 79.3. The van der Waals surface area contributed by atoms with Crippen LogP contribution < -0.4 is 18.9 Å². The third kappa shape index (κ3) is 24.6. The van der Waals surface area contributed by atoms with Crippen molar-refractivity contribution in [3.63, 3.8) is 0 Å². The zero-order valence-corrected chi connectivity index (χ0v) is 74.4. The topological polar surface area (TPSA) is 296 Å². The van der Waals surface area contributed by atoms with Gasteiger partial charge >= 0.3 is 0 Å². The lowest BCUT2D eigenvalue weighted by Crippen LogP contribution is -2.07. The molecule has 0 fully saturated rings. The molecule has 0 unspecified atom stereocenters. The Kier molecular flexibility index (Phi) is 30.8. The summed E-state index contributed by atoms with van der Waals surface area (Å²) >= 11 is 0. The van der Waals surface area contributed by atoms with Crippen LogP contribution in [0.15, 0.2) is 260 Å². The smallest absolute Gasteiger partial charge is 0.268 e. The Balaban J connectivity index is 0.000000144. The maximum Gasteiger partial charge on any atom is 0.268 e. The first kappa shape index (κ1) is 89.6. The van der Waals surface area contributed by atoms with Gasteiger partial charge < -0.3 is 36.6 Å². The molecule has 644 valence electrons. The fourth-order valence-corrected chi connectivity index (χ4v) is 13.7. The van der Waals surface area contributed by atoms with Crippen molar-refractivity contribution in [2.75, 3.05) is 0 Å². The summed E-state index contributed by atoms with van der Waals surface area (Å²) in [5.41, 5.74) is 15.5. The first-order chi connectivity index (χ1) is 61.0. The highest BCUT2D eigenvalue weighted by Gasteiger charge is 2.26. The Labute approximate surface area is 736 Å². The second-order valence-corrected chi connectivity index (χ2v) is 33.5. The molecular formula is C102H108N16O8. The molecule has 0 bridgehead atoms. The standard InChI is InChI=1S/C29H26N4O2.C26H28N4O2.C25H26N4O2.C22H28N4O2/c1-20(2)17-22-19-25(24-15-9-10-16-26(24)34-23-13-7-4-8-14-23)30-32-28(22)29-33-31-27(35-29)18-21-11-5-3-6-12-21;1-17(2)14-20-16-22(21-12-8-9-13-23(21)31-18(3)4)27-29-25(20)26-30-28-24(32-26)15-19-10-6-5-7-11-19;1-16(2)14-18-15-21(26-27-23(18)25-29-28-24(31-25)17(3)4)20-12-8-9-13-22(20)30-19-10-6-5-7-11-19;1-13(2)11-16-12-18(17-9-7-8-10-19(17)27-15(5)6)23-24-20(16)22-26-25-21(28-22)14(3)4/h3-16,19-20H,17-18H2,1-2H3;5-13,16-18H,14-15H2,1-4H3;5-13,15-17H,14H2,1-4H3;7-10,12-15H,11H2,1-6H3. The number of hydrogen-bond donors (Lipinski definition) is 0. The Morgan fingerprint density at radius 2 is 0.500 bits per heavy atom. The van der Waals surface area contributed by atoms with Crippen LogP contribution in [0.25, 0.3) is 91.4 Å². The largest absolute Gasteiger partial charge is 0.490 e. The summed E-state index contributed by atoms with van der Waals surface area (Å²) in [4.78, 5) is 0. The van der Waals surface area contributed by atoms with E-state index in [1.54, 1.807) is 0 Å². The minimum absolute atomic E-state index is 0.0694. The van der Waals surface area contributed by atoms with Crippen molar-refractivity contribution in [3.8, 4) is 126 Å². The highest BCUT2D eigenvalue weighted by molar-refractivity contribution is 5.73. The van der Waals surface area contributed by atoms with Crippen molar-refractivity contribution >= 4 is 0 Å². The van der Waals surface area contributed by atoms with Gasteiger partial charge in [-0.1, -0.05) is 229 Å². The van der Waals surface area contributed by atoms with Gasteiger partial charge in [0, 0.05) is 34.1 Å². The number of rotatable bonds is 30. The molecule has 0 aliphatic carbocycles. The fraction of sp³-hybridized carbons (Fsp3) is 0.294. The van der Waals surface area contributed by atoms with Crippen molar-refractivity contribution in [1.82, 2.24) is 81.6 Å². The van der Waals surface area contributed by atoms with Gasteiger partial charge in [-0.2, -0.15) is 0 Å². The minimum Gasteiger partial charge on any atom is -0.490 e. The van der Waals surface area contributed by atoms with Crippen LogP contribution in [0.5, 0.6) is 34.5 Å². The van der Waals surface area contributed by atoms with Crippen molar-refractivity contribution < 1.29 is 36.6 Å². The zero-order valence-electron chi connectivity index (χ0n) is 74.4. The molecule has 0 spiro atoms. The summed E-state index contributed by atoms with van der Waals surface area (Å²) in [6.07, 6.45) is 4.58. The fourth-order valence-electron chi connectivity index (χ4n) is 13.7. The highest BCUT2D eigenvalue weighted by Crippen LogP contribution is 2.40. The maximum atomic E-state index is 6.15. The van der Waals surface area contributed by atoms with E-state index in [-0.39, 0.29) is 24.0 Å². The van der Waals surface area contributed by atoms with Gasteiger partial charge in [-0.05, 0) is 207 Å². The molecule has 8 aromatic heterocycles. The molecular weight excluding hydrogens is 1580 g/mol. The van der Waals surface area contributed by atoms with E-state index in [9.17, 15) is 0 Å². The number of benzene rings is 8. The van der Waals surface area contributed by atoms with E-state index in [1.807, 2.05) is 274 Å². The van der Waals surface area contributed by atoms with E-state index in [2.05, 4.69) is 161 Å². The molecule has 126 heavy (non-hydrogen) atoms. The number of ether oxygens (including phenoxy) is 4. The van der Waals surface area contributed by atoms with Crippen molar-refractivity contribution in [2.45, 2.75) is 173 Å². The predicted octanol–water partition coefficient (Wildman–Crippen LogP) is 24.2. The monoisotopic (exact) mass is 1680 g/mol. The molecule has 24 nitrogen and oxygen atoms in total. The minimum atomic E-state index is 0.0694. The Morgan fingerprint density at radius 3 is 0.778 bits per heavy atom. The van der Waals surface area contributed by atoms with E-state index in [4.69, 9.17) is 36.6 Å². The van der Waals surface area contributed by atoms with E-state index < -0.39 is 0 Å². The Bertz CT molecular complexity index is 6130. The molecule has 0 radical (unpaired) electrons. The van der Waals surface area contributed by atoms with Crippen molar-refractivity contribution in [3.05, 3.63) is 300 Å². The lowest BCUT2D eigenvalue weighted by Gasteiger charge is -2.15. The van der Waals surface area contributed by atoms with Gasteiger partial charge in [0.15, 0.2) is 22.8 Å². The van der Waals surface area contributed by atoms with Crippen LogP contribution in [0.1, 0.15) is 180 Å². The van der Waals surface area contributed by atoms with Gasteiger partial charge in [-0.15, -0.1) is 81.6 Å². The van der Waals surface area contributed by atoms with Crippen LogP contribution in [0.3, 0.4) is 0 Å². The first-order valence-corrected chi connectivity index (χ1v) is 43.0. The molecule has 0 N–H and O–H groups in total. The molecule has 8 heterocycles. The number of nitrogens with zero attached hydrogens (tertiary/aromatic N) is 16. The number of para-hydroxylation sites is 6. The summed E-state index contributed by atoms with van der Waals surface area (Å²) in [7, 11) is 0. The van der Waals surface area contributed by atoms with Crippen LogP contribution >= 0.6 is 0 Å². The van der Waals surface area contributed by atoms with Crippen LogP contribution in [0.2, 0.25) is 0 Å². The summed E-state index contributed by atoms with van der Waals surface area (Å²) in [6.45, 7) is 33.5. The van der Waals surface area contributed by atoms with Gasteiger partial charge in [0.05, 0.1) is 47.8 Å². The van der Waals surface area contributed by atoms with Crippen LogP contribution in [-0.2, 0) is 38.5 Å². The third-order valence-corrected chi connectivity index (χ3v) is 19.3. The molecule has 0 saturated heterocycles. The van der Waals surface area contributed by atoms with Crippen LogP contribution in [-0.4, -0.2) is 93.8 Å². The average molecular weight is 1690 g/mol. The molecule has 24 heteroatoms. The molecule has 0 atom stereocenters. The SMILES string of the molecule is CC(C)Cc1cc(-c2ccccc2OC(C)C)nnc1-c1nnc(C(C)C)o1.CC(C)Cc1cc(-c2ccccc2OC(C)C)nnc1-c1nnc(Cc2ccccc2)o1.CC(C)Cc1cc(-c2ccccc2Oc2ccccc2)nnc1-c1nnc(C(C)C)o1.CC(C)Cc1cc(-c2ccccc2Oc2ccccc2)nnc1-c1nnc(Cc2ccccc2)o1. The molecule has 0 aliphatic rings. The third-order valence-electron chi connectivity index (χ3n) is 19.3. The zero-order chi connectivity index (χ0) is 88.6. The predicted molar refractivity (Wildman–Crippen MR) is 488 cm³/mol. The highest BCUT2D eigenvalue weighted by atomic mass is 16.5.